The summed E-state index contributed by atoms with van der Waals surface area (Å²) in [7, 11) is 0. The van der Waals surface area contributed by atoms with Crippen molar-refractivity contribution in [2.24, 2.45) is 0 Å². The largest absolute Gasteiger partial charge is 0.488 e. The zero-order valence-corrected chi connectivity index (χ0v) is 22.2. The number of carbonyl (C=O) groups is 1. The molecule has 2 heterocycles. The molecule has 0 bridgehead atoms. The number of aromatic nitrogens is 2. The Balaban J connectivity index is 1.18. The van der Waals surface area contributed by atoms with Gasteiger partial charge < -0.3 is 20.1 Å². The number of nitrogens with zero attached hydrogens (tertiary/aromatic N) is 3. The van der Waals surface area contributed by atoms with Crippen LogP contribution in [0.1, 0.15) is 22.3 Å². The number of morpholine rings is 1. The summed E-state index contributed by atoms with van der Waals surface area (Å²) in [5, 5.41) is 6.16. The third kappa shape index (κ3) is 7.62. The van der Waals surface area contributed by atoms with Crippen molar-refractivity contribution in [3.63, 3.8) is 0 Å². The first-order valence-electron chi connectivity index (χ1n) is 13.4. The topological polar surface area (TPSA) is 88.6 Å². The number of amides is 1. The molecule has 0 radical (unpaired) electrons. The first-order valence-corrected chi connectivity index (χ1v) is 13.4. The summed E-state index contributed by atoms with van der Waals surface area (Å²) in [5.74, 6) is 0.275. The van der Waals surface area contributed by atoms with Gasteiger partial charge in [-0.1, -0.05) is 30.3 Å². The highest BCUT2D eigenvalue weighted by atomic mass is 19.1. The third-order valence-electron chi connectivity index (χ3n) is 6.56. The zero-order valence-electron chi connectivity index (χ0n) is 22.2. The fourth-order valence-electron chi connectivity index (χ4n) is 4.40. The maximum Gasteiger partial charge on any atom is 0.251 e. The van der Waals surface area contributed by atoms with Crippen LogP contribution in [0.25, 0.3) is 11.3 Å². The monoisotopic (exact) mass is 541 g/mol. The molecule has 206 valence electrons. The van der Waals surface area contributed by atoms with Crippen LogP contribution in [-0.4, -0.2) is 60.2 Å². The first kappa shape index (κ1) is 27.2. The molecule has 1 saturated heterocycles. The van der Waals surface area contributed by atoms with Crippen molar-refractivity contribution in [1.82, 2.24) is 20.2 Å². The minimum absolute atomic E-state index is 0.105. The van der Waals surface area contributed by atoms with Gasteiger partial charge in [0.1, 0.15) is 18.2 Å². The van der Waals surface area contributed by atoms with E-state index in [0.717, 1.165) is 50.5 Å². The number of hydrogen-bond acceptors (Lipinski definition) is 7. The van der Waals surface area contributed by atoms with E-state index < -0.39 is 0 Å². The fourth-order valence-corrected chi connectivity index (χ4v) is 4.40. The Labute approximate surface area is 233 Å². The molecule has 0 unspecified atom stereocenters. The molecule has 1 amide bonds. The summed E-state index contributed by atoms with van der Waals surface area (Å²) in [6.07, 6.45) is 2.53. The molecule has 9 heteroatoms. The second-order valence-corrected chi connectivity index (χ2v) is 9.45. The maximum absolute atomic E-state index is 14.0. The normalized spacial score (nSPS) is 13.5. The van der Waals surface area contributed by atoms with Crippen LogP contribution < -0.4 is 15.4 Å². The highest BCUT2D eigenvalue weighted by Crippen LogP contribution is 2.31. The maximum atomic E-state index is 14.0. The fraction of sp³-hybridized carbons (Fsp3) is 0.258. The van der Waals surface area contributed by atoms with Crippen molar-refractivity contribution >= 4 is 17.5 Å². The number of nitrogens with one attached hydrogen (secondary N) is 2. The number of anilines is 2. The molecule has 1 aliphatic heterocycles. The van der Waals surface area contributed by atoms with Gasteiger partial charge in [0.05, 0.1) is 18.9 Å². The molecule has 0 saturated carbocycles. The lowest BCUT2D eigenvalue weighted by Gasteiger charge is -2.26. The Morgan fingerprint density at radius 2 is 1.80 bits per heavy atom. The van der Waals surface area contributed by atoms with Crippen LogP contribution in [0.3, 0.4) is 0 Å². The molecule has 4 aromatic rings. The van der Waals surface area contributed by atoms with E-state index in [0.29, 0.717) is 41.7 Å². The predicted molar refractivity (Wildman–Crippen MR) is 152 cm³/mol. The second-order valence-electron chi connectivity index (χ2n) is 9.45. The Morgan fingerprint density at radius 1 is 1.00 bits per heavy atom. The summed E-state index contributed by atoms with van der Waals surface area (Å²) < 4.78 is 25.4. The van der Waals surface area contributed by atoms with Crippen molar-refractivity contribution in [3.05, 3.63) is 102 Å². The number of carbonyl (C=O) groups excluding carboxylic acids is 1. The number of rotatable bonds is 11. The standard InChI is InChI=1S/C31H32FN5O3/c32-25-9-12-27(29(21-25)40-22-23-5-2-1-3-6-23)28-13-15-34-31(36-28)35-26-10-7-24(8-11-26)30(38)33-14-4-16-37-17-19-39-20-18-37/h1-3,5-13,15,21H,4,14,16-20,22H2,(H,33,38)(H,34,35,36). The Hall–Kier alpha value is -4.34. The number of halogens is 1. The van der Waals surface area contributed by atoms with E-state index in [4.69, 9.17) is 9.47 Å². The molecular weight excluding hydrogens is 509 g/mol. The molecule has 3 aromatic carbocycles. The van der Waals surface area contributed by atoms with E-state index in [9.17, 15) is 9.18 Å². The van der Waals surface area contributed by atoms with Crippen LogP contribution in [0, 0.1) is 5.82 Å². The van der Waals surface area contributed by atoms with Gasteiger partial charge in [-0.2, -0.15) is 0 Å². The summed E-state index contributed by atoms with van der Waals surface area (Å²) in [5.41, 5.74) is 3.55. The molecule has 0 spiro atoms. The van der Waals surface area contributed by atoms with Crippen molar-refractivity contribution < 1.29 is 18.7 Å². The summed E-state index contributed by atoms with van der Waals surface area (Å²) in [4.78, 5) is 23.8. The average Bonchev–Trinajstić information content (AvgIpc) is 3.00. The molecule has 2 N–H and O–H groups in total. The summed E-state index contributed by atoms with van der Waals surface area (Å²) >= 11 is 0. The quantitative estimate of drug-likeness (QED) is 0.257. The van der Waals surface area contributed by atoms with Crippen LogP contribution in [0.15, 0.2) is 85.1 Å². The van der Waals surface area contributed by atoms with Crippen LogP contribution in [0.4, 0.5) is 16.0 Å². The van der Waals surface area contributed by atoms with Crippen molar-refractivity contribution in [2.75, 3.05) is 44.7 Å². The van der Waals surface area contributed by atoms with Crippen LogP contribution in [0.2, 0.25) is 0 Å². The van der Waals surface area contributed by atoms with Gasteiger partial charge in [0, 0.05) is 48.7 Å². The van der Waals surface area contributed by atoms with Gasteiger partial charge in [0.2, 0.25) is 5.95 Å². The van der Waals surface area contributed by atoms with Gasteiger partial charge in [0.25, 0.3) is 5.91 Å². The minimum atomic E-state index is -0.388. The lowest BCUT2D eigenvalue weighted by atomic mass is 10.1. The highest BCUT2D eigenvalue weighted by Gasteiger charge is 2.13. The lowest BCUT2D eigenvalue weighted by molar-refractivity contribution is 0.0374. The Bertz CT molecular complexity index is 1400. The average molecular weight is 542 g/mol. The Morgan fingerprint density at radius 3 is 2.60 bits per heavy atom. The van der Waals surface area contributed by atoms with Crippen molar-refractivity contribution in [1.29, 1.82) is 0 Å². The van der Waals surface area contributed by atoms with Crippen LogP contribution >= 0.6 is 0 Å². The van der Waals surface area contributed by atoms with Gasteiger partial charge in [-0.25, -0.2) is 14.4 Å². The van der Waals surface area contributed by atoms with Gasteiger partial charge >= 0.3 is 0 Å². The molecule has 5 rings (SSSR count). The Kier molecular flexibility index (Phi) is 9.29. The van der Waals surface area contributed by atoms with E-state index in [1.165, 1.54) is 12.1 Å². The van der Waals surface area contributed by atoms with E-state index in [2.05, 4.69) is 25.5 Å². The van der Waals surface area contributed by atoms with Crippen molar-refractivity contribution in [3.8, 4) is 17.0 Å². The molecule has 1 fully saturated rings. The van der Waals surface area contributed by atoms with Gasteiger partial charge in [-0.15, -0.1) is 0 Å². The first-order chi connectivity index (χ1) is 19.6. The number of benzene rings is 3. The van der Waals surface area contributed by atoms with E-state index >= 15 is 0 Å². The molecule has 0 aliphatic carbocycles. The van der Waals surface area contributed by atoms with E-state index in [1.54, 1.807) is 30.5 Å². The highest BCUT2D eigenvalue weighted by molar-refractivity contribution is 5.94. The van der Waals surface area contributed by atoms with Crippen molar-refractivity contribution in [2.45, 2.75) is 13.0 Å². The van der Waals surface area contributed by atoms with Crippen LogP contribution in [0.5, 0.6) is 5.75 Å². The molecule has 8 nitrogen and oxygen atoms in total. The van der Waals surface area contributed by atoms with Gasteiger partial charge in [0.15, 0.2) is 0 Å². The second kappa shape index (κ2) is 13.6. The van der Waals surface area contributed by atoms with Gasteiger partial charge in [-0.3, -0.25) is 9.69 Å². The third-order valence-corrected chi connectivity index (χ3v) is 6.56. The zero-order chi connectivity index (χ0) is 27.6. The molecule has 1 aromatic heterocycles. The van der Waals surface area contributed by atoms with E-state index in [1.807, 2.05) is 42.5 Å². The number of hydrogen-bond donors (Lipinski definition) is 2. The molecule has 0 atom stereocenters. The van der Waals surface area contributed by atoms with Gasteiger partial charge in [-0.05, 0) is 61.0 Å². The number of ether oxygens (including phenoxy) is 2. The molecule has 40 heavy (non-hydrogen) atoms. The summed E-state index contributed by atoms with van der Waals surface area (Å²) in [6.45, 7) is 5.32. The smallest absolute Gasteiger partial charge is 0.251 e. The van der Waals surface area contributed by atoms with E-state index in [-0.39, 0.29) is 11.7 Å². The van der Waals surface area contributed by atoms with Crippen LogP contribution in [-0.2, 0) is 11.3 Å². The SMILES string of the molecule is O=C(NCCCN1CCOCC1)c1ccc(Nc2nccc(-c3ccc(F)cc3OCc3ccccc3)n2)cc1. The predicted octanol–water partition coefficient (Wildman–Crippen LogP) is 5.06. The molecule has 1 aliphatic rings. The molecular formula is C31H32FN5O3. The minimum Gasteiger partial charge on any atom is -0.488 e. The lowest BCUT2D eigenvalue weighted by Crippen LogP contribution is -2.38. The summed E-state index contributed by atoms with van der Waals surface area (Å²) in [6, 6.07) is 23.0.